The number of nitrogens with zero attached hydrogens (tertiary/aromatic N) is 3. The van der Waals surface area contributed by atoms with Gasteiger partial charge in [0.05, 0.1) is 6.04 Å². The van der Waals surface area contributed by atoms with Crippen molar-refractivity contribution in [3.8, 4) is 0 Å². The lowest BCUT2D eigenvalue weighted by atomic mass is 9.71. The van der Waals surface area contributed by atoms with Gasteiger partial charge in [-0.15, -0.1) is 10.2 Å². The summed E-state index contributed by atoms with van der Waals surface area (Å²) in [5, 5.41) is 11.7. The normalized spacial score (nSPS) is 33.5. The molecule has 86 valence electrons. The first kappa shape index (κ1) is 10.0. The molecule has 1 aromatic heterocycles. The summed E-state index contributed by atoms with van der Waals surface area (Å²) in [6, 6.07) is 0.919. The lowest BCUT2D eigenvalue weighted by Crippen LogP contribution is -2.49. The Bertz CT molecular complexity index is 409. The summed E-state index contributed by atoms with van der Waals surface area (Å²) >= 11 is 0. The standard InChI is InChI=1S/C12H18N4/c1-8(12-15-13-7-16(12)2)14-11-6-9-4-3-5-10(9)11/h3,5,7-11,14H,4,6H2,1-2H3. The molecule has 4 heteroatoms. The van der Waals surface area contributed by atoms with E-state index >= 15 is 0 Å². The zero-order chi connectivity index (χ0) is 11.1. The molecule has 1 saturated carbocycles. The van der Waals surface area contributed by atoms with Gasteiger partial charge in [0, 0.05) is 13.1 Å². The van der Waals surface area contributed by atoms with E-state index in [4.69, 9.17) is 0 Å². The Morgan fingerprint density at radius 1 is 1.56 bits per heavy atom. The van der Waals surface area contributed by atoms with E-state index in [0.717, 1.165) is 17.7 Å². The highest BCUT2D eigenvalue weighted by Crippen LogP contribution is 2.43. The van der Waals surface area contributed by atoms with Crippen molar-refractivity contribution in [2.75, 3.05) is 0 Å². The molecule has 0 amide bonds. The number of rotatable bonds is 3. The van der Waals surface area contributed by atoms with Crippen molar-refractivity contribution in [3.05, 3.63) is 24.3 Å². The van der Waals surface area contributed by atoms with E-state index < -0.39 is 0 Å². The molecular weight excluding hydrogens is 200 g/mol. The Hall–Kier alpha value is -1.16. The molecule has 2 aliphatic rings. The third-order valence-electron chi connectivity index (χ3n) is 3.96. The molecule has 2 aliphatic carbocycles. The van der Waals surface area contributed by atoms with Crippen molar-refractivity contribution in [2.24, 2.45) is 18.9 Å². The Morgan fingerprint density at radius 3 is 3.12 bits per heavy atom. The fraction of sp³-hybridized carbons (Fsp3) is 0.667. The average molecular weight is 218 g/mol. The summed E-state index contributed by atoms with van der Waals surface area (Å²) in [7, 11) is 1.99. The summed E-state index contributed by atoms with van der Waals surface area (Å²) in [6.07, 6.45) is 9.03. The SMILES string of the molecule is CC(NC1CC2CC=CC21)c1nncn1C. The highest BCUT2D eigenvalue weighted by Gasteiger charge is 2.41. The van der Waals surface area contributed by atoms with Gasteiger partial charge in [-0.05, 0) is 31.6 Å². The molecule has 3 rings (SSSR count). The largest absolute Gasteiger partial charge is 0.319 e. The molecular formula is C12H18N4. The summed E-state index contributed by atoms with van der Waals surface area (Å²) in [4.78, 5) is 0. The molecule has 0 aliphatic heterocycles. The molecule has 0 radical (unpaired) electrons. The predicted molar refractivity (Wildman–Crippen MR) is 61.7 cm³/mol. The van der Waals surface area contributed by atoms with Crippen molar-refractivity contribution in [3.63, 3.8) is 0 Å². The number of hydrogen-bond acceptors (Lipinski definition) is 3. The van der Waals surface area contributed by atoms with Gasteiger partial charge in [0.2, 0.25) is 0 Å². The molecule has 1 aromatic rings. The minimum atomic E-state index is 0.285. The van der Waals surface area contributed by atoms with Crippen LogP contribution in [0.5, 0.6) is 0 Å². The molecule has 1 heterocycles. The van der Waals surface area contributed by atoms with Crippen LogP contribution in [-0.4, -0.2) is 20.8 Å². The van der Waals surface area contributed by atoms with E-state index in [2.05, 4.69) is 34.6 Å². The second-order valence-corrected chi connectivity index (χ2v) is 5.03. The topological polar surface area (TPSA) is 42.7 Å². The molecule has 0 aromatic carbocycles. The van der Waals surface area contributed by atoms with Gasteiger partial charge in [0.1, 0.15) is 12.2 Å². The number of aromatic nitrogens is 3. The Morgan fingerprint density at radius 2 is 2.44 bits per heavy atom. The van der Waals surface area contributed by atoms with Crippen LogP contribution in [0.1, 0.15) is 31.6 Å². The monoisotopic (exact) mass is 218 g/mol. The maximum absolute atomic E-state index is 4.15. The maximum atomic E-state index is 4.15. The zero-order valence-electron chi connectivity index (χ0n) is 9.80. The third-order valence-corrected chi connectivity index (χ3v) is 3.96. The van der Waals surface area contributed by atoms with Crippen LogP contribution in [0.4, 0.5) is 0 Å². The number of hydrogen-bond donors (Lipinski definition) is 1. The summed E-state index contributed by atoms with van der Waals surface area (Å²) < 4.78 is 1.98. The first-order chi connectivity index (χ1) is 7.75. The summed E-state index contributed by atoms with van der Waals surface area (Å²) in [5.41, 5.74) is 0. The highest BCUT2D eigenvalue weighted by molar-refractivity contribution is 5.13. The Kier molecular flexibility index (Phi) is 2.32. The third kappa shape index (κ3) is 1.48. The van der Waals surface area contributed by atoms with Crippen LogP contribution in [0.2, 0.25) is 0 Å². The Balaban J connectivity index is 1.63. The smallest absolute Gasteiger partial charge is 0.149 e. The second-order valence-electron chi connectivity index (χ2n) is 5.03. The maximum Gasteiger partial charge on any atom is 0.149 e. The lowest BCUT2D eigenvalue weighted by Gasteiger charge is -2.42. The van der Waals surface area contributed by atoms with Gasteiger partial charge < -0.3 is 9.88 Å². The second kappa shape index (κ2) is 3.70. The van der Waals surface area contributed by atoms with Crippen LogP contribution in [0.3, 0.4) is 0 Å². The molecule has 4 atom stereocenters. The van der Waals surface area contributed by atoms with Crippen molar-refractivity contribution < 1.29 is 0 Å². The summed E-state index contributed by atoms with van der Waals surface area (Å²) in [6.45, 7) is 2.16. The van der Waals surface area contributed by atoms with E-state index in [1.807, 2.05) is 11.6 Å². The molecule has 1 N–H and O–H groups in total. The first-order valence-electron chi connectivity index (χ1n) is 6.02. The minimum absolute atomic E-state index is 0.285. The van der Waals surface area contributed by atoms with Gasteiger partial charge in [0.25, 0.3) is 0 Å². The molecule has 16 heavy (non-hydrogen) atoms. The van der Waals surface area contributed by atoms with E-state index in [1.165, 1.54) is 12.8 Å². The van der Waals surface area contributed by atoms with Crippen LogP contribution in [0, 0.1) is 11.8 Å². The van der Waals surface area contributed by atoms with Crippen molar-refractivity contribution in [1.82, 2.24) is 20.1 Å². The van der Waals surface area contributed by atoms with Crippen LogP contribution in [0.25, 0.3) is 0 Å². The summed E-state index contributed by atoms with van der Waals surface area (Å²) in [5.74, 6) is 2.69. The fourth-order valence-electron chi connectivity index (χ4n) is 2.99. The predicted octanol–water partition coefficient (Wildman–Crippen LogP) is 1.43. The molecule has 0 spiro atoms. The van der Waals surface area contributed by atoms with Crippen LogP contribution < -0.4 is 5.32 Å². The first-order valence-corrected chi connectivity index (χ1v) is 6.02. The van der Waals surface area contributed by atoms with E-state index in [0.29, 0.717) is 6.04 Å². The average Bonchev–Trinajstić information content (AvgIpc) is 2.81. The van der Waals surface area contributed by atoms with Crippen LogP contribution in [0.15, 0.2) is 18.5 Å². The van der Waals surface area contributed by atoms with Gasteiger partial charge in [-0.25, -0.2) is 0 Å². The van der Waals surface area contributed by atoms with Gasteiger partial charge in [-0.2, -0.15) is 0 Å². The number of allylic oxidation sites excluding steroid dienone is 1. The highest BCUT2D eigenvalue weighted by atomic mass is 15.3. The van der Waals surface area contributed by atoms with Crippen LogP contribution in [-0.2, 0) is 7.05 Å². The van der Waals surface area contributed by atoms with E-state index in [-0.39, 0.29) is 6.04 Å². The number of fused-ring (bicyclic) bond motifs is 1. The molecule has 0 saturated heterocycles. The van der Waals surface area contributed by atoms with Gasteiger partial charge in [0.15, 0.2) is 0 Å². The molecule has 4 nitrogen and oxygen atoms in total. The Labute approximate surface area is 95.8 Å². The number of aryl methyl sites for hydroxylation is 1. The zero-order valence-corrected chi connectivity index (χ0v) is 9.80. The number of nitrogens with one attached hydrogen (secondary N) is 1. The fourth-order valence-corrected chi connectivity index (χ4v) is 2.99. The van der Waals surface area contributed by atoms with Crippen molar-refractivity contribution in [2.45, 2.75) is 31.8 Å². The van der Waals surface area contributed by atoms with Crippen molar-refractivity contribution >= 4 is 0 Å². The van der Waals surface area contributed by atoms with E-state index in [1.54, 1.807) is 6.33 Å². The van der Waals surface area contributed by atoms with Gasteiger partial charge in [-0.1, -0.05) is 12.2 Å². The van der Waals surface area contributed by atoms with Crippen molar-refractivity contribution in [1.29, 1.82) is 0 Å². The molecule has 1 fully saturated rings. The van der Waals surface area contributed by atoms with Crippen LogP contribution >= 0.6 is 0 Å². The van der Waals surface area contributed by atoms with E-state index in [9.17, 15) is 0 Å². The minimum Gasteiger partial charge on any atom is -0.319 e. The quantitative estimate of drug-likeness (QED) is 0.780. The lowest BCUT2D eigenvalue weighted by molar-refractivity contribution is 0.150. The molecule has 0 bridgehead atoms. The molecule has 4 unspecified atom stereocenters. The van der Waals surface area contributed by atoms with Gasteiger partial charge >= 0.3 is 0 Å². The van der Waals surface area contributed by atoms with Gasteiger partial charge in [-0.3, -0.25) is 0 Å².